The van der Waals surface area contributed by atoms with E-state index in [1.54, 1.807) is 0 Å². The Morgan fingerprint density at radius 2 is 1.08 bits per heavy atom. The molecule has 0 aromatic heterocycles. The number of hydrogen-bond donors (Lipinski definition) is 0. The molecule has 1 nitrogen and oxygen atoms in total. The highest BCUT2D eigenvalue weighted by Crippen LogP contribution is 2.41. The van der Waals surface area contributed by atoms with E-state index in [0.29, 0.717) is 11.8 Å². The highest BCUT2D eigenvalue weighted by Gasteiger charge is 2.28. The van der Waals surface area contributed by atoms with E-state index >= 15 is 0 Å². The summed E-state index contributed by atoms with van der Waals surface area (Å²) >= 11 is 0. The molecule has 2 aliphatic carbocycles. The highest BCUT2D eigenvalue weighted by atomic mass is 16.1. The monoisotopic (exact) mass is 346 g/mol. The smallest absolute Gasteiger partial charge is 0.193 e. The van der Waals surface area contributed by atoms with Gasteiger partial charge in [-0.1, -0.05) is 62.1 Å². The second-order valence-corrected chi connectivity index (χ2v) is 8.36. The predicted octanol–water partition coefficient (Wildman–Crippen LogP) is 6.85. The van der Waals surface area contributed by atoms with Crippen molar-refractivity contribution >= 4 is 5.78 Å². The van der Waals surface area contributed by atoms with Crippen molar-refractivity contribution in [3.63, 3.8) is 0 Å². The molecule has 0 unspecified atom stereocenters. The Labute approximate surface area is 157 Å². The average molecular weight is 347 g/mol. The second kappa shape index (κ2) is 7.39. The van der Waals surface area contributed by atoms with Crippen molar-refractivity contribution in [2.75, 3.05) is 0 Å². The maximum atomic E-state index is 13.7. The van der Waals surface area contributed by atoms with Gasteiger partial charge in [-0.15, -0.1) is 0 Å². The summed E-state index contributed by atoms with van der Waals surface area (Å²) in [5.74, 6) is 1.38. The van der Waals surface area contributed by atoms with Gasteiger partial charge in [-0.3, -0.25) is 4.79 Å². The van der Waals surface area contributed by atoms with Gasteiger partial charge in [0.05, 0.1) is 0 Å². The standard InChI is InChI=1S/C25H30O/c1-17-9-7-15-21(23(17)19-11-3-4-12-19)25(26)22-16-8-10-18(2)24(22)20-13-5-6-14-20/h7-10,15-16,19-20H,3-6,11-14H2,1-2H3. The largest absolute Gasteiger partial charge is 0.289 e. The van der Waals surface area contributed by atoms with E-state index in [1.165, 1.54) is 73.6 Å². The molecule has 0 atom stereocenters. The van der Waals surface area contributed by atoms with Crippen molar-refractivity contribution in [1.29, 1.82) is 0 Å². The fourth-order valence-electron chi connectivity index (χ4n) is 5.42. The number of hydrogen-bond acceptors (Lipinski definition) is 1. The molecule has 2 aromatic rings. The zero-order valence-corrected chi connectivity index (χ0v) is 16.2. The molecule has 0 radical (unpaired) electrons. The van der Waals surface area contributed by atoms with E-state index in [1.807, 2.05) is 0 Å². The Morgan fingerprint density at radius 3 is 1.46 bits per heavy atom. The van der Waals surface area contributed by atoms with E-state index in [0.717, 1.165) is 11.1 Å². The number of rotatable bonds is 4. The van der Waals surface area contributed by atoms with Crippen molar-refractivity contribution in [1.82, 2.24) is 0 Å². The zero-order valence-electron chi connectivity index (χ0n) is 16.2. The van der Waals surface area contributed by atoms with Crippen molar-refractivity contribution < 1.29 is 4.79 Å². The third-order valence-electron chi connectivity index (χ3n) is 6.66. The van der Waals surface area contributed by atoms with E-state index in [9.17, 15) is 4.79 Å². The van der Waals surface area contributed by atoms with E-state index < -0.39 is 0 Å². The lowest BCUT2D eigenvalue weighted by Crippen LogP contribution is -2.13. The first kappa shape index (κ1) is 17.5. The van der Waals surface area contributed by atoms with Crippen LogP contribution in [0.1, 0.15) is 101 Å². The summed E-state index contributed by atoms with van der Waals surface area (Å²) < 4.78 is 0. The van der Waals surface area contributed by atoms with Crippen LogP contribution in [0, 0.1) is 13.8 Å². The lowest BCUT2D eigenvalue weighted by atomic mass is 9.82. The maximum Gasteiger partial charge on any atom is 0.193 e. The molecule has 0 N–H and O–H groups in total. The van der Waals surface area contributed by atoms with E-state index in [-0.39, 0.29) is 5.78 Å². The van der Waals surface area contributed by atoms with Crippen molar-refractivity contribution in [3.8, 4) is 0 Å². The second-order valence-electron chi connectivity index (χ2n) is 8.36. The van der Waals surface area contributed by atoms with Crippen LogP contribution in [0.15, 0.2) is 36.4 Å². The summed E-state index contributed by atoms with van der Waals surface area (Å²) in [6, 6.07) is 12.6. The van der Waals surface area contributed by atoms with Gasteiger partial charge in [-0.25, -0.2) is 0 Å². The molecule has 0 aliphatic heterocycles. The minimum atomic E-state index is 0.251. The lowest BCUT2D eigenvalue weighted by Gasteiger charge is -2.21. The molecule has 2 saturated carbocycles. The molecule has 1 heteroatoms. The summed E-state index contributed by atoms with van der Waals surface area (Å²) in [6.07, 6.45) is 10.1. The van der Waals surface area contributed by atoms with Gasteiger partial charge < -0.3 is 0 Å². The number of benzene rings is 2. The van der Waals surface area contributed by atoms with Crippen molar-refractivity contribution in [2.24, 2.45) is 0 Å². The van der Waals surface area contributed by atoms with Gasteiger partial charge in [-0.2, -0.15) is 0 Å². The summed E-state index contributed by atoms with van der Waals surface area (Å²) in [5.41, 5.74) is 7.15. The van der Waals surface area contributed by atoms with Crippen LogP contribution in [0.4, 0.5) is 0 Å². The van der Waals surface area contributed by atoms with Crippen molar-refractivity contribution in [2.45, 2.75) is 77.0 Å². The van der Waals surface area contributed by atoms with Crippen LogP contribution in [0.25, 0.3) is 0 Å². The van der Waals surface area contributed by atoms with Gasteiger partial charge in [0.2, 0.25) is 0 Å². The fraction of sp³-hybridized carbons (Fsp3) is 0.480. The van der Waals surface area contributed by atoms with Gasteiger partial charge in [0.1, 0.15) is 0 Å². The van der Waals surface area contributed by atoms with Crippen LogP contribution in [0.3, 0.4) is 0 Å². The molecule has 0 saturated heterocycles. The molecular formula is C25H30O. The van der Waals surface area contributed by atoms with Crippen LogP contribution in [-0.2, 0) is 0 Å². The topological polar surface area (TPSA) is 17.1 Å². The molecule has 4 rings (SSSR count). The fourth-order valence-corrected chi connectivity index (χ4v) is 5.42. The zero-order chi connectivity index (χ0) is 18.1. The lowest BCUT2D eigenvalue weighted by molar-refractivity contribution is 0.103. The third kappa shape index (κ3) is 3.13. The Hall–Kier alpha value is -1.89. The number of carbonyl (C=O) groups excluding carboxylic acids is 1. The normalized spacial score (nSPS) is 18.5. The van der Waals surface area contributed by atoms with Crippen LogP contribution < -0.4 is 0 Å². The van der Waals surface area contributed by atoms with Crippen LogP contribution in [-0.4, -0.2) is 5.78 Å². The molecule has 0 amide bonds. The Balaban J connectivity index is 1.80. The number of ketones is 1. The summed E-state index contributed by atoms with van der Waals surface area (Å²) in [7, 11) is 0. The first-order chi connectivity index (χ1) is 12.7. The Kier molecular flexibility index (Phi) is 4.98. The molecule has 26 heavy (non-hydrogen) atoms. The number of aryl methyl sites for hydroxylation is 2. The van der Waals surface area contributed by atoms with E-state index in [2.05, 4.69) is 50.2 Å². The third-order valence-corrected chi connectivity index (χ3v) is 6.66. The van der Waals surface area contributed by atoms with Gasteiger partial charge >= 0.3 is 0 Å². The first-order valence-electron chi connectivity index (χ1n) is 10.4. The molecule has 2 fully saturated rings. The average Bonchev–Trinajstić information content (AvgIpc) is 3.34. The van der Waals surface area contributed by atoms with Gasteiger partial charge in [0, 0.05) is 11.1 Å². The number of carbonyl (C=O) groups is 1. The summed E-state index contributed by atoms with van der Waals surface area (Å²) in [5, 5.41) is 0. The maximum absolute atomic E-state index is 13.7. The van der Waals surface area contributed by atoms with Gasteiger partial charge in [0.25, 0.3) is 0 Å². The molecule has 2 aromatic carbocycles. The van der Waals surface area contributed by atoms with Crippen LogP contribution >= 0.6 is 0 Å². The van der Waals surface area contributed by atoms with Gasteiger partial charge in [0.15, 0.2) is 5.78 Å². The predicted molar refractivity (Wildman–Crippen MR) is 108 cm³/mol. The molecule has 0 spiro atoms. The highest BCUT2D eigenvalue weighted by molar-refractivity contribution is 6.11. The molecule has 0 bridgehead atoms. The molecule has 136 valence electrons. The van der Waals surface area contributed by atoms with Gasteiger partial charge in [-0.05, 0) is 73.6 Å². The van der Waals surface area contributed by atoms with Crippen LogP contribution in [0.5, 0.6) is 0 Å². The molecular weight excluding hydrogens is 316 g/mol. The Bertz CT molecular complexity index is 737. The minimum Gasteiger partial charge on any atom is -0.289 e. The summed E-state index contributed by atoms with van der Waals surface area (Å²) in [6.45, 7) is 4.36. The molecule has 2 aliphatic rings. The van der Waals surface area contributed by atoms with E-state index in [4.69, 9.17) is 0 Å². The SMILES string of the molecule is Cc1cccc(C(=O)c2cccc(C)c2C2CCCC2)c1C1CCCC1. The van der Waals surface area contributed by atoms with Crippen molar-refractivity contribution in [3.05, 3.63) is 69.8 Å². The first-order valence-corrected chi connectivity index (χ1v) is 10.4. The van der Waals surface area contributed by atoms with Crippen LogP contribution in [0.2, 0.25) is 0 Å². The molecule has 0 heterocycles. The minimum absolute atomic E-state index is 0.251. The quantitative estimate of drug-likeness (QED) is 0.553. The Morgan fingerprint density at radius 1 is 0.692 bits per heavy atom. The summed E-state index contributed by atoms with van der Waals surface area (Å²) in [4.78, 5) is 13.7.